The molecule has 0 aliphatic heterocycles. The Morgan fingerprint density at radius 2 is 2.06 bits per heavy atom. The minimum absolute atomic E-state index is 0.0485. The molecule has 0 aromatic carbocycles. The zero-order valence-electron chi connectivity index (χ0n) is 11.3. The summed E-state index contributed by atoms with van der Waals surface area (Å²) in [7, 11) is 0. The summed E-state index contributed by atoms with van der Waals surface area (Å²) < 4.78 is 0. The average molecular weight is 247 g/mol. The fraction of sp³-hybridized carbons (Fsp3) is 0.533. The van der Waals surface area contributed by atoms with E-state index in [9.17, 15) is 9.59 Å². The molecular weight excluding hydrogens is 226 g/mol. The van der Waals surface area contributed by atoms with Crippen molar-refractivity contribution in [2.75, 3.05) is 0 Å². The number of nitrogens with zero attached hydrogens (tertiary/aromatic N) is 1. The number of carbonyl (C=O) groups is 2. The molecule has 1 unspecified atom stereocenters. The Balaban J connectivity index is 2.65. The Labute approximate surface area is 109 Å². The lowest BCUT2D eigenvalue weighted by atomic mass is 9.89. The second-order valence-electron chi connectivity index (χ2n) is 5.13. The SMILES string of the molecule is CC(=O)C(Cc1cccnc1)C(=O)CCC(C)C. The van der Waals surface area contributed by atoms with Gasteiger partial charge in [0.05, 0.1) is 5.92 Å². The lowest BCUT2D eigenvalue weighted by molar-refractivity contribution is -0.131. The van der Waals surface area contributed by atoms with Crippen LogP contribution in [0.5, 0.6) is 0 Å². The summed E-state index contributed by atoms with van der Waals surface area (Å²) >= 11 is 0. The van der Waals surface area contributed by atoms with Crippen LogP contribution in [0.15, 0.2) is 24.5 Å². The maximum absolute atomic E-state index is 12.1. The highest BCUT2D eigenvalue weighted by Gasteiger charge is 2.23. The minimum Gasteiger partial charge on any atom is -0.299 e. The predicted molar refractivity (Wildman–Crippen MR) is 71.2 cm³/mol. The van der Waals surface area contributed by atoms with Crippen LogP contribution < -0.4 is 0 Å². The van der Waals surface area contributed by atoms with Crippen LogP contribution in [0.1, 0.15) is 39.2 Å². The molecule has 0 N–H and O–H groups in total. The van der Waals surface area contributed by atoms with Crippen molar-refractivity contribution in [3.05, 3.63) is 30.1 Å². The van der Waals surface area contributed by atoms with Crippen LogP contribution >= 0.6 is 0 Å². The quantitative estimate of drug-likeness (QED) is 0.696. The molecule has 0 saturated carbocycles. The van der Waals surface area contributed by atoms with Gasteiger partial charge in [-0.3, -0.25) is 14.6 Å². The Hall–Kier alpha value is -1.51. The van der Waals surface area contributed by atoms with E-state index in [1.165, 1.54) is 6.92 Å². The molecule has 0 bridgehead atoms. The van der Waals surface area contributed by atoms with Gasteiger partial charge in [0.2, 0.25) is 0 Å². The molecule has 1 atom stereocenters. The first-order valence-corrected chi connectivity index (χ1v) is 6.42. The van der Waals surface area contributed by atoms with Gasteiger partial charge in [-0.1, -0.05) is 19.9 Å². The van der Waals surface area contributed by atoms with Gasteiger partial charge in [0.1, 0.15) is 11.6 Å². The normalized spacial score (nSPS) is 12.4. The van der Waals surface area contributed by atoms with Crippen molar-refractivity contribution in [1.29, 1.82) is 0 Å². The summed E-state index contributed by atoms with van der Waals surface area (Å²) in [6, 6.07) is 3.73. The van der Waals surface area contributed by atoms with E-state index in [-0.39, 0.29) is 11.6 Å². The zero-order valence-corrected chi connectivity index (χ0v) is 11.3. The molecule has 3 heteroatoms. The largest absolute Gasteiger partial charge is 0.299 e. The van der Waals surface area contributed by atoms with E-state index >= 15 is 0 Å². The lowest BCUT2D eigenvalue weighted by Gasteiger charge is -2.13. The molecular formula is C15H21NO2. The molecule has 0 amide bonds. The van der Waals surface area contributed by atoms with Crippen molar-refractivity contribution < 1.29 is 9.59 Å². The van der Waals surface area contributed by atoms with Crippen LogP contribution in [0, 0.1) is 11.8 Å². The highest BCUT2D eigenvalue weighted by atomic mass is 16.1. The smallest absolute Gasteiger partial charge is 0.143 e. The maximum Gasteiger partial charge on any atom is 0.143 e. The third-order valence-corrected chi connectivity index (χ3v) is 3.01. The Morgan fingerprint density at radius 1 is 1.33 bits per heavy atom. The molecule has 0 aliphatic rings. The van der Waals surface area contributed by atoms with E-state index in [0.717, 1.165) is 12.0 Å². The first kappa shape index (κ1) is 14.6. The number of hydrogen-bond donors (Lipinski definition) is 0. The van der Waals surface area contributed by atoms with Crippen LogP contribution in [0.4, 0.5) is 0 Å². The predicted octanol–water partition coefficient (Wildman–Crippen LogP) is 2.83. The van der Waals surface area contributed by atoms with E-state index < -0.39 is 5.92 Å². The number of Topliss-reactive ketones (excluding diaryl/α,β-unsaturated/α-hetero) is 2. The molecule has 1 heterocycles. The monoisotopic (exact) mass is 247 g/mol. The van der Waals surface area contributed by atoms with Gasteiger partial charge in [-0.25, -0.2) is 0 Å². The van der Waals surface area contributed by atoms with Crippen molar-refractivity contribution in [3.8, 4) is 0 Å². The molecule has 18 heavy (non-hydrogen) atoms. The van der Waals surface area contributed by atoms with Crippen molar-refractivity contribution in [3.63, 3.8) is 0 Å². The summed E-state index contributed by atoms with van der Waals surface area (Å²) in [5, 5.41) is 0. The number of carbonyl (C=O) groups excluding carboxylic acids is 2. The molecule has 1 rings (SSSR count). The molecule has 98 valence electrons. The van der Waals surface area contributed by atoms with Crippen LogP contribution in [0.25, 0.3) is 0 Å². The van der Waals surface area contributed by atoms with Gasteiger partial charge in [0, 0.05) is 18.8 Å². The minimum atomic E-state index is -0.507. The first-order valence-electron chi connectivity index (χ1n) is 6.42. The fourth-order valence-corrected chi connectivity index (χ4v) is 1.84. The lowest BCUT2D eigenvalue weighted by Crippen LogP contribution is -2.24. The Morgan fingerprint density at radius 3 is 2.56 bits per heavy atom. The number of hydrogen-bond acceptors (Lipinski definition) is 3. The maximum atomic E-state index is 12.1. The highest BCUT2D eigenvalue weighted by molar-refractivity contribution is 6.01. The molecule has 1 aromatic rings. The molecule has 1 aromatic heterocycles. The van der Waals surface area contributed by atoms with Gasteiger partial charge < -0.3 is 0 Å². The standard InChI is InChI=1S/C15H21NO2/c1-11(2)6-7-15(18)14(12(3)17)9-13-5-4-8-16-10-13/h4-5,8,10-11,14H,6-7,9H2,1-3H3. The summed E-state index contributed by atoms with van der Waals surface area (Å²) in [5.74, 6) is -0.0134. The number of pyridine rings is 1. The number of aromatic nitrogens is 1. The third kappa shape index (κ3) is 4.78. The Bertz CT molecular complexity index is 398. The molecule has 0 saturated heterocycles. The molecule has 0 aliphatic carbocycles. The van der Waals surface area contributed by atoms with Gasteiger partial charge in [-0.2, -0.15) is 0 Å². The average Bonchev–Trinajstić information content (AvgIpc) is 2.34. The summed E-state index contributed by atoms with van der Waals surface area (Å²) in [4.78, 5) is 27.7. The third-order valence-electron chi connectivity index (χ3n) is 3.01. The second kappa shape index (κ2) is 7.04. The van der Waals surface area contributed by atoms with E-state index in [1.54, 1.807) is 12.4 Å². The molecule has 3 nitrogen and oxygen atoms in total. The number of rotatable bonds is 7. The topological polar surface area (TPSA) is 47.0 Å². The fourth-order valence-electron chi connectivity index (χ4n) is 1.84. The first-order chi connectivity index (χ1) is 8.50. The summed E-state index contributed by atoms with van der Waals surface area (Å²) in [6.07, 6.45) is 5.20. The number of ketones is 2. The highest BCUT2D eigenvalue weighted by Crippen LogP contribution is 2.15. The van der Waals surface area contributed by atoms with Crippen LogP contribution in [-0.4, -0.2) is 16.6 Å². The Kier molecular flexibility index (Phi) is 5.69. The van der Waals surface area contributed by atoms with Crippen LogP contribution in [-0.2, 0) is 16.0 Å². The summed E-state index contributed by atoms with van der Waals surface area (Å²) in [5.41, 5.74) is 0.940. The van der Waals surface area contributed by atoms with Crippen molar-refractivity contribution in [1.82, 2.24) is 4.98 Å². The van der Waals surface area contributed by atoms with Crippen molar-refractivity contribution in [2.45, 2.75) is 40.0 Å². The van der Waals surface area contributed by atoms with Crippen molar-refractivity contribution in [2.24, 2.45) is 11.8 Å². The van der Waals surface area contributed by atoms with Crippen LogP contribution in [0.3, 0.4) is 0 Å². The van der Waals surface area contributed by atoms with E-state index in [4.69, 9.17) is 0 Å². The van der Waals surface area contributed by atoms with Crippen molar-refractivity contribution >= 4 is 11.6 Å². The van der Waals surface area contributed by atoms with Gasteiger partial charge in [-0.15, -0.1) is 0 Å². The molecule has 0 fully saturated rings. The summed E-state index contributed by atoms with van der Waals surface area (Å²) in [6.45, 7) is 5.66. The second-order valence-corrected chi connectivity index (χ2v) is 5.13. The molecule has 0 spiro atoms. The van der Waals surface area contributed by atoms with E-state index in [0.29, 0.717) is 18.8 Å². The van der Waals surface area contributed by atoms with E-state index in [2.05, 4.69) is 18.8 Å². The van der Waals surface area contributed by atoms with Gasteiger partial charge in [0.25, 0.3) is 0 Å². The van der Waals surface area contributed by atoms with Crippen LogP contribution in [0.2, 0.25) is 0 Å². The molecule has 0 radical (unpaired) electrons. The van der Waals surface area contributed by atoms with Gasteiger partial charge in [-0.05, 0) is 37.3 Å². The van der Waals surface area contributed by atoms with E-state index in [1.807, 2.05) is 12.1 Å². The van der Waals surface area contributed by atoms with Gasteiger partial charge >= 0.3 is 0 Å². The van der Waals surface area contributed by atoms with Gasteiger partial charge in [0.15, 0.2) is 0 Å². The zero-order chi connectivity index (χ0) is 13.5.